The van der Waals surface area contributed by atoms with Crippen molar-refractivity contribution in [2.75, 3.05) is 5.73 Å². The minimum absolute atomic E-state index is 0.356. The van der Waals surface area contributed by atoms with Gasteiger partial charge in [0, 0.05) is 24.2 Å². The van der Waals surface area contributed by atoms with Gasteiger partial charge < -0.3 is 10.8 Å². The van der Waals surface area contributed by atoms with E-state index in [2.05, 4.69) is 9.97 Å². The van der Waals surface area contributed by atoms with Crippen molar-refractivity contribution in [3.8, 4) is 0 Å². The average molecular weight is 215 g/mol. The van der Waals surface area contributed by atoms with Crippen molar-refractivity contribution < 1.29 is 5.11 Å². The SMILES string of the molecule is Cc1cnc(N)c(C(O)c2ccncc2)c1. The second-order valence-corrected chi connectivity index (χ2v) is 3.67. The van der Waals surface area contributed by atoms with Crippen LogP contribution in [-0.4, -0.2) is 15.1 Å². The molecular formula is C12H13N3O. The van der Waals surface area contributed by atoms with Gasteiger partial charge in [-0.1, -0.05) is 0 Å². The van der Waals surface area contributed by atoms with E-state index in [-0.39, 0.29) is 0 Å². The van der Waals surface area contributed by atoms with Gasteiger partial charge >= 0.3 is 0 Å². The summed E-state index contributed by atoms with van der Waals surface area (Å²) in [6.45, 7) is 1.91. The lowest BCUT2D eigenvalue weighted by Gasteiger charge is -2.13. The summed E-state index contributed by atoms with van der Waals surface area (Å²) in [6.07, 6.45) is 4.20. The molecule has 0 bridgehead atoms. The van der Waals surface area contributed by atoms with Crippen LogP contribution in [0.4, 0.5) is 5.82 Å². The quantitative estimate of drug-likeness (QED) is 0.795. The Morgan fingerprint density at radius 2 is 2.00 bits per heavy atom. The van der Waals surface area contributed by atoms with Gasteiger partial charge in [-0.25, -0.2) is 4.98 Å². The van der Waals surface area contributed by atoms with Crippen molar-refractivity contribution >= 4 is 5.82 Å². The molecule has 82 valence electrons. The molecule has 2 rings (SSSR count). The molecule has 0 fully saturated rings. The van der Waals surface area contributed by atoms with Crippen LogP contribution in [-0.2, 0) is 0 Å². The number of nitrogens with zero attached hydrogens (tertiary/aromatic N) is 2. The minimum atomic E-state index is -0.754. The lowest BCUT2D eigenvalue weighted by molar-refractivity contribution is 0.220. The molecule has 0 aliphatic rings. The number of nitrogens with two attached hydrogens (primary N) is 1. The zero-order chi connectivity index (χ0) is 11.5. The number of aryl methyl sites for hydroxylation is 1. The first-order chi connectivity index (χ1) is 7.68. The average Bonchev–Trinajstić information content (AvgIpc) is 2.32. The van der Waals surface area contributed by atoms with Gasteiger partial charge in [-0.2, -0.15) is 0 Å². The van der Waals surface area contributed by atoms with Crippen LogP contribution in [0.25, 0.3) is 0 Å². The Morgan fingerprint density at radius 3 is 2.69 bits per heavy atom. The van der Waals surface area contributed by atoms with Crippen LogP contribution in [0.15, 0.2) is 36.8 Å². The first-order valence-electron chi connectivity index (χ1n) is 4.98. The first kappa shape index (κ1) is 10.6. The van der Waals surface area contributed by atoms with Gasteiger partial charge in [-0.15, -0.1) is 0 Å². The summed E-state index contributed by atoms with van der Waals surface area (Å²) in [5.41, 5.74) is 8.10. The number of hydrogen-bond donors (Lipinski definition) is 2. The largest absolute Gasteiger partial charge is 0.384 e. The Hall–Kier alpha value is -1.94. The fourth-order valence-corrected chi connectivity index (χ4v) is 1.55. The molecule has 0 aromatic carbocycles. The molecule has 2 heterocycles. The summed E-state index contributed by atoms with van der Waals surface area (Å²) in [6, 6.07) is 5.35. The molecule has 0 aliphatic heterocycles. The standard InChI is InChI=1S/C12H13N3O/c1-8-6-10(12(13)15-7-8)11(16)9-2-4-14-5-3-9/h2-7,11,16H,1H3,(H2,13,15). The normalized spacial score (nSPS) is 12.4. The summed E-state index contributed by atoms with van der Waals surface area (Å²) in [5.74, 6) is 0.356. The maximum absolute atomic E-state index is 10.1. The molecule has 0 aliphatic carbocycles. The summed E-state index contributed by atoms with van der Waals surface area (Å²) in [5, 5.41) is 10.1. The molecule has 1 atom stereocenters. The summed E-state index contributed by atoms with van der Waals surface area (Å²) < 4.78 is 0. The monoisotopic (exact) mass is 215 g/mol. The van der Waals surface area contributed by atoms with Gasteiger partial charge in [0.2, 0.25) is 0 Å². The molecule has 2 aromatic rings. The molecule has 0 radical (unpaired) electrons. The maximum Gasteiger partial charge on any atom is 0.129 e. The first-order valence-corrected chi connectivity index (χ1v) is 4.98. The molecule has 0 saturated heterocycles. The molecule has 4 nitrogen and oxygen atoms in total. The Balaban J connectivity index is 2.41. The lowest BCUT2D eigenvalue weighted by atomic mass is 10.0. The highest BCUT2D eigenvalue weighted by Gasteiger charge is 2.14. The molecule has 1 unspecified atom stereocenters. The van der Waals surface area contributed by atoms with Crippen LogP contribution in [0.5, 0.6) is 0 Å². The van der Waals surface area contributed by atoms with Gasteiger partial charge in [0.15, 0.2) is 0 Å². The van der Waals surface area contributed by atoms with E-state index in [1.807, 2.05) is 13.0 Å². The van der Waals surface area contributed by atoms with Gasteiger partial charge in [0.25, 0.3) is 0 Å². The number of rotatable bonds is 2. The second-order valence-electron chi connectivity index (χ2n) is 3.67. The lowest BCUT2D eigenvalue weighted by Crippen LogP contribution is -2.06. The highest BCUT2D eigenvalue weighted by atomic mass is 16.3. The summed E-state index contributed by atoms with van der Waals surface area (Å²) in [4.78, 5) is 7.93. The van der Waals surface area contributed by atoms with E-state index in [4.69, 9.17) is 5.73 Å². The molecule has 3 N–H and O–H groups in total. The smallest absolute Gasteiger partial charge is 0.129 e. The molecule has 4 heteroatoms. The predicted octanol–water partition coefficient (Wildman–Crippen LogP) is 1.45. The number of aliphatic hydroxyl groups is 1. The van der Waals surface area contributed by atoms with Gasteiger partial charge in [-0.05, 0) is 36.2 Å². The van der Waals surface area contributed by atoms with Crippen LogP contribution < -0.4 is 5.73 Å². The minimum Gasteiger partial charge on any atom is -0.384 e. The van der Waals surface area contributed by atoms with Crippen molar-refractivity contribution in [3.05, 3.63) is 53.5 Å². The third-order valence-electron chi connectivity index (χ3n) is 2.40. The molecule has 0 amide bonds. The molecule has 0 spiro atoms. The van der Waals surface area contributed by atoms with Crippen molar-refractivity contribution in [2.24, 2.45) is 0 Å². The second kappa shape index (κ2) is 4.28. The summed E-state index contributed by atoms with van der Waals surface area (Å²) >= 11 is 0. The molecule has 0 saturated carbocycles. The van der Waals surface area contributed by atoms with Crippen LogP contribution >= 0.6 is 0 Å². The number of aliphatic hydroxyl groups excluding tert-OH is 1. The third-order valence-corrected chi connectivity index (χ3v) is 2.40. The number of aromatic nitrogens is 2. The number of hydrogen-bond acceptors (Lipinski definition) is 4. The molecule has 2 aromatic heterocycles. The highest BCUT2D eigenvalue weighted by Crippen LogP contribution is 2.25. The van der Waals surface area contributed by atoms with Crippen molar-refractivity contribution in [2.45, 2.75) is 13.0 Å². The zero-order valence-electron chi connectivity index (χ0n) is 8.96. The fourth-order valence-electron chi connectivity index (χ4n) is 1.55. The summed E-state index contributed by atoms with van der Waals surface area (Å²) in [7, 11) is 0. The third kappa shape index (κ3) is 2.01. The predicted molar refractivity (Wildman–Crippen MR) is 61.7 cm³/mol. The number of anilines is 1. The highest BCUT2D eigenvalue weighted by molar-refractivity contribution is 5.45. The molecule has 16 heavy (non-hydrogen) atoms. The zero-order valence-corrected chi connectivity index (χ0v) is 8.96. The number of pyridine rings is 2. The van der Waals surface area contributed by atoms with E-state index in [1.54, 1.807) is 30.7 Å². The van der Waals surface area contributed by atoms with Crippen LogP contribution in [0.2, 0.25) is 0 Å². The van der Waals surface area contributed by atoms with Gasteiger partial charge in [-0.3, -0.25) is 4.98 Å². The van der Waals surface area contributed by atoms with E-state index >= 15 is 0 Å². The van der Waals surface area contributed by atoms with Gasteiger partial charge in [0.1, 0.15) is 11.9 Å². The Labute approximate surface area is 93.8 Å². The van der Waals surface area contributed by atoms with Crippen molar-refractivity contribution in [3.63, 3.8) is 0 Å². The van der Waals surface area contributed by atoms with E-state index in [9.17, 15) is 5.11 Å². The Morgan fingerprint density at radius 1 is 1.31 bits per heavy atom. The van der Waals surface area contributed by atoms with Crippen LogP contribution in [0, 0.1) is 6.92 Å². The Kier molecular flexibility index (Phi) is 2.83. The van der Waals surface area contributed by atoms with E-state index < -0.39 is 6.10 Å². The van der Waals surface area contributed by atoms with E-state index in [0.29, 0.717) is 11.4 Å². The van der Waals surface area contributed by atoms with Crippen LogP contribution in [0.1, 0.15) is 22.8 Å². The Bertz CT molecular complexity index is 485. The van der Waals surface area contributed by atoms with E-state index in [1.165, 1.54) is 0 Å². The topological polar surface area (TPSA) is 72.0 Å². The van der Waals surface area contributed by atoms with Crippen molar-refractivity contribution in [1.82, 2.24) is 9.97 Å². The fraction of sp³-hybridized carbons (Fsp3) is 0.167. The van der Waals surface area contributed by atoms with Crippen molar-refractivity contribution in [1.29, 1.82) is 0 Å². The molecular weight excluding hydrogens is 202 g/mol. The van der Waals surface area contributed by atoms with Gasteiger partial charge in [0.05, 0.1) is 0 Å². The number of nitrogen functional groups attached to an aromatic ring is 1. The van der Waals surface area contributed by atoms with Crippen LogP contribution in [0.3, 0.4) is 0 Å². The maximum atomic E-state index is 10.1. The van der Waals surface area contributed by atoms with E-state index in [0.717, 1.165) is 11.1 Å².